The minimum absolute atomic E-state index is 0.0742. The Morgan fingerprint density at radius 2 is 0.720 bits per heavy atom. The molecule has 0 fully saturated rings. The van der Waals surface area contributed by atoms with Gasteiger partial charge in [0, 0.05) is 16.7 Å². The lowest BCUT2D eigenvalue weighted by atomic mass is 10.1. The third-order valence-electron chi connectivity index (χ3n) is 4.65. The number of benzene rings is 3. The second kappa shape index (κ2) is 7.09. The molecule has 0 saturated heterocycles. The van der Waals surface area contributed by atoms with Gasteiger partial charge in [0.15, 0.2) is 14.7 Å². The molecule has 0 bridgehead atoms. The van der Waals surface area contributed by atoms with Crippen molar-refractivity contribution in [3.05, 3.63) is 88.0 Å². The van der Waals surface area contributed by atoms with E-state index in [1.165, 1.54) is 48.1 Å². The van der Waals surface area contributed by atoms with Crippen LogP contribution in [-0.2, 0) is 10.9 Å². The van der Waals surface area contributed by atoms with Crippen LogP contribution >= 0.6 is 0 Å². The van der Waals surface area contributed by atoms with E-state index in [4.69, 9.17) is 0 Å². The van der Waals surface area contributed by atoms with E-state index in [0.29, 0.717) is 0 Å². The van der Waals surface area contributed by atoms with E-state index < -0.39 is 0 Å². The van der Waals surface area contributed by atoms with Crippen LogP contribution in [0.4, 0.5) is 0 Å². The third kappa shape index (κ3) is 3.67. The molecule has 0 aromatic heterocycles. The van der Waals surface area contributed by atoms with E-state index in [-0.39, 0.29) is 10.9 Å². The Morgan fingerprint density at radius 3 is 0.960 bits per heavy atom. The maximum Gasteiger partial charge on any atom is 0.169 e. The average molecular weight is 348 g/mol. The van der Waals surface area contributed by atoms with Crippen molar-refractivity contribution in [1.29, 1.82) is 0 Å². The van der Waals surface area contributed by atoms with Gasteiger partial charge in [-0.25, -0.2) is 0 Å². The highest BCUT2D eigenvalue weighted by Crippen LogP contribution is 2.37. The summed E-state index contributed by atoms with van der Waals surface area (Å²) in [6.45, 7) is 13.2. The Balaban J connectivity index is 2.27. The molecule has 0 atom stereocenters. The van der Waals surface area contributed by atoms with E-state index in [9.17, 15) is 0 Å². The molecule has 25 heavy (non-hydrogen) atoms. The van der Waals surface area contributed by atoms with Crippen molar-refractivity contribution >= 4 is 10.9 Å². The lowest BCUT2D eigenvalue weighted by molar-refractivity contribution is 1.17. The van der Waals surface area contributed by atoms with E-state index in [0.717, 1.165) is 0 Å². The summed E-state index contributed by atoms with van der Waals surface area (Å²) in [5.41, 5.74) is 8.11. The molecular formula is C24H27S+. The smallest absolute Gasteiger partial charge is 0.0543 e. The molecule has 0 nitrogen and oxygen atoms in total. The minimum atomic E-state index is -0.0742. The molecule has 1 heteroatoms. The predicted molar refractivity (Wildman–Crippen MR) is 110 cm³/mol. The Hall–Kier alpha value is -1.99. The second-order valence-corrected chi connectivity index (χ2v) is 9.04. The van der Waals surface area contributed by atoms with Crippen molar-refractivity contribution in [2.24, 2.45) is 0 Å². The molecule has 3 aromatic carbocycles. The second-order valence-electron chi connectivity index (χ2n) is 7.11. The summed E-state index contributed by atoms with van der Waals surface area (Å²) in [6, 6.07) is 20.6. The highest BCUT2D eigenvalue weighted by Gasteiger charge is 2.33. The first kappa shape index (κ1) is 17.8. The van der Waals surface area contributed by atoms with Crippen LogP contribution in [0.25, 0.3) is 0 Å². The molecule has 3 rings (SSSR count). The van der Waals surface area contributed by atoms with Crippen molar-refractivity contribution < 1.29 is 0 Å². The summed E-state index contributed by atoms with van der Waals surface area (Å²) in [4.78, 5) is 4.30. The van der Waals surface area contributed by atoms with Crippen molar-refractivity contribution in [3.63, 3.8) is 0 Å². The van der Waals surface area contributed by atoms with Crippen LogP contribution in [0.5, 0.6) is 0 Å². The summed E-state index contributed by atoms with van der Waals surface area (Å²) >= 11 is 0. The summed E-state index contributed by atoms with van der Waals surface area (Å²) in [6.07, 6.45) is 0. The molecule has 0 N–H and O–H groups in total. The molecule has 0 radical (unpaired) electrons. The Kier molecular flexibility index (Phi) is 5.06. The van der Waals surface area contributed by atoms with Gasteiger partial charge in [-0.1, -0.05) is 53.1 Å². The van der Waals surface area contributed by atoms with E-state index in [2.05, 4.69) is 96.1 Å². The van der Waals surface area contributed by atoms with Crippen LogP contribution in [0, 0.1) is 41.5 Å². The van der Waals surface area contributed by atoms with Crippen LogP contribution in [-0.4, -0.2) is 0 Å². The van der Waals surface area contributed by atoms with Crippen LogP contribution < -0.4 is 0 Å². The van der Waals surface area contributed by atoms with Gasteiger partial charge in [-0.2, -0.15) is 0 Å². The number of aryl methyl sites for hydroxylation is 6. The molecule has 128 valence electrons. The van der Waals surface area contributed by atoms with Gasteiger partial charge in [-0.05, 0) is 59.7 Å². The molecule has 0 aliphatic carbocycles. The molecular weight excluding hydrogens is 320 g/mol. The van der Waals surface area contributed by atoms with Crippen molar-refractivity contribution in [3.8, 4) is 0 Å². The van der Waals surface area contributed by atoms with Crippen LogP contribution in [0.2, 0.25) is 0 Å². The standard InChI is InChI=1S/C24H27S/c1-16-7-10-22(19(4)13-16)25(23-11-8-17(2)14-20(23)5)24-12-9-18(3)15-21(24)6/h7-15H,1-6H3/q+1. The molecule has 0 aliphatic rings. The average Bonchev–Trinajstić information content (AvgIpc) is 2.52. The van der Waals surface area contributed by atoms with Crippen LogP contribution in [0.3, 0.4) is 0 Å². The van der Waals surface area contributed by atoms with E-state index >= 15 is 0 Å². The zero-order chi connectivity index (χ0) is 18.1. The number of hydrogen-bond acceptors (Lipinski definition) is 0. The summed E-state index contributed by atoms with van der Waals surface area (Å²) in [7, 11) is -0.0742. The fourth-order valence-electron chi connectivity index (χ4n) is 3.44. The van der Waals surface area contributed by atoms with E-state index in [1.807, 2.05) is 0 Å². The fraction of sp³-hybridized carbons (Fsp3) is 0.250. The molecule has 0 saturated carbocycles. The monoisotopic (exact) mass is 347 g/mol. The normalized spacial score (nSPS) is 11.2. The van der Waals surface area contributed by atoms with Crippen LogP contribution in [0.15, 0.2) is 69.3 Å². The van der Waals surface area contributed by atoms with Crippen molar-refractivity contribution in [2.45, 2.75) is 56.2 Å². The highest BCUT2D eigenvalue weighted by atomic mass is 32.2. The first-order valence-electron chi connectivity index (χ1n) is 8.83. The van der Waals surface area contributed by atoms with Crippen LogP contribution in [0.1, 0.15) is 33.4 Å². The van der Waals surface area contributed by atoms with Crippen molar-refractivity contribution in [1.82, 2.24) is 0 Å². The van der Waals surface area contributed by atoms with Gasteiger partial charge in [-0.15, -0.1) is 0 Å². The third-order valence-corrected chi connectivity index (χ3v) is 7.34. The largest absolute Gasteiger partial charge is 0.169 e. The minimum Gasteiger partial charge on any atom is -0.0543 e. The van der Waals surface area contributed by atoms with Gasteiger partial charge in [-0.3, -0.25) is 0 Å². The number of rotatable bonds is 3. The van der Waals surface area contributed by atoms with Gasteiger partial charge >= 0.3 is 0 Å². The molecule has 0 aliphatic heterocycles. The maximum atomic E-state index is 2.33. The topological polar surface area (TPSA) is 0 Å². The van der Waals surface area contributed by atoms with Crippen molar-refractivity contribution in [2.75, 3.05) is 0 Å². The fourth-order valence-corrected chi connectivity index (χ4v) is 5.91. The van der Waals surface area contributed by atoms with Gasteiger partial charge in [0.25, 0.3) is 0 Å². The van der Waals surface area contributed by atoms with Gasteiger partial charge < -0.3 is 0 Å². The Bertz CT molecular complexity index is 799. The zero-order valence-corrected chi connectivity index (χ0v) is 16.9. The predicted octanol–water partition coefficient (Wildman–Crippen LogP) is 6.63. The Morgan fingerprint density at radius 1 is 0.440 bits per heavy atom. The zero-order valence-electron chi connectivity index (χ0n) is 16.1. The van der Waals surface area contributed by atoms with Gasteiger partial charge in [0.1, 0.15) is 10.9 Å². The summed E-state index contributed by atoms with van der Waals surface area (Å²) in [5, 5.41) is 0. The molecule has 0 unspecified atom stereocenters. The molecule has 0 heterocycles. The first-order valence-corrected chi connectivity index (χ1v) is 10.1. The SMILES string of the molecule is Cc1ccc([S+](c2ccc(C)cc2C)c2ccc(C)cc2C)c(C)c1. The molecule has 0 spiro atoms. The van der Waals surface area contributed by atoms with Gasteiger partial charge in [0.2, 0.25) is 0 Å². The quantitative estimate of drug-likeness (QED) is 0.466. The maximum absolute atomic E-state index is 2.33. The lowest BCUT2D eigenvalue weighted by Gasteiger charge is -2.15. The molecule has 0 amide bonds. The molecule has 3 aromatic rings. The summed E-state index contributed by atoms with van der Waals surface area (Å²) < 4.78 is 0. The van der Waals surface area contributed by atoms with Gasteiger partial charge in [0.05, 0.1) is 0 Å². The first-order chi connectivity index (χ1) is 11.9. The van der Waals surface area contributed by atoms with E-state index in [1.54, 1.807) is 0 Å². The lowest BCUT2D eigenvalue weighted by Crippen LogP contribution is -2.10. The number of hydrogen-bond donors (Lipinski definition) is 0. The Labute approximate surface area is 155 Å². The highest BCUT2D eigenvalue weighted by molar-refractivity contribution is 7.97. The summed E-state index contributed by atoms with van der Waals surface area (Å²) in [5.74, 6) is 0.